The predicted octanol–water partition coefficient (Wildman–Crippen LogP) is 3.90. The van der Waals surface area contributed by atoms with Gasteiger partial charge in [0.15, 0.2) is 5.78 Å². The third kappa shape index (κ3) is 2.39. The molecule has 1 rings (SSSR count). The third-order valence-corrected chi connectivity index (χ3v) is 3.46. The lowest BCUT2D eigenvalue weighted by atomic mass is 10.0. The van der Waals surface area contributed by atoms with Crippen molar-refractivity contribution in [2.75, 3.05) is 6.26 Å². The quantitative estimate of drug-likeness (QED) is 0.470. The number of Topliss-reactive ketones (excluding diaryl/α,β-unsaturated/α-hetero) is 1. The molecule has 0 aliphatic heterocycles. The summed E-state index contributed by atoms with van der Waals surface area (Å²) < 4.78 is 0. The van der Waals surface area contributed by atoms with E-state index in [1.807, 2.05) is 31.4 Å². The van der Waals surface area contributed by atoms with Gasteiger partial charge in [-0.3, -0.25) is 4.79 Å². The zero-order valence-corrected chi connectivity index (χ0v) is 10.7. The minimum Gasteiger partial charge on any atom is -0.294 e. The minimum absolute atomic E-state index is 0.226. The molecule has 0 aliphatic rings. The summed E-state index contributed by atoms with van der Waals surface area (Å²) in [4.78, 5) is 12.8. The van der Waals surface area contributed by atoms with Gasteiger partial charge in [-0.25, -0.2) is 0 Å². The number of rotatable bonds is 4. The molecule has 0 aromatic heterocycles. The number of carbonyl (C=O) groups excluding carboxylic acids is 1. The standard InChI is InChI=1S/C11H13BrOS/c1-3-9(13)11-8(7-12)5-4-6-10(11)14-2/h4-6H,3,7H2,1-2H3. The SMILES string of the molecule is CCC(=O)c1c(CBr)cccc1SC. The summed E-state index contributed by atoms with van der Waals surface area (Å²) in [6.07, 6.45) is 2.57. The van der Waals surface area contributed by atoms with Crippen molar-refractivity contribution >= 4 is 33.5 Å². The fourth-order valence-corrected chi connectivity index (χ4v) is 2.48. The first-order chi connectivity index (χ1) is 6.74. The van der Waals surface area contributed by atoms with E-state index in [1.165, 1.54) is 0 Å². The Kier molecular flexibility index (Phi) is 4.69. The summed E-state index contributed by atoms with van der Waals surface area (Å²) >= 11 is 5.03. The molecule has 1 aromatic rings. The van der Waals surface area contributed by atoms with Crippen LogP contribution in [-0.4, -0.2) is 12.0 Å². The Morgan fingerprint density at radius 3 is 2.71 bits per heavy atom. The van der Waals surface area contributed by atoms with Gasteiger partial charge in [0.1, 0.15) is 0 Å². The van der Waals surface area contributed by atoms with E-state index < -0.39 is 0 Å². The Morgan fingerprint density at radius 1 is 1.50 bits per heavy atom. The first-order valence-corrected chi connectivity index (χ1v) is 6.84. The zero-order valence-electron chi connectivity index (χ0n) is 8.34. The topological polar surface area (TPSA) is 17.1 Å². The third-order valence-electron chi connectivity index (χ3n) is 2.08. The van der Waals surface area contributed by atoms with Crippen LogP contribution in [0, 0.1) is 0 Å². The number of alkyl halides is 1. The molecule has 0 saturated heterocycles. The molecule has 3 heteroatoms. The van der Waals surface area contributed by atoms with E-state index in [0.717, 1.165) is 21.4 Å². The molecule has 0 aliphatic carbocycles. The fourth-order valence-electron chi connectivity index (χ4n) is 1.35. The molecule has 1 aromatic carbocycles. The van der Waals surface area contributed by atoms with Crippen LogP contribution < -0.4 is 0 Å². The number of halogens is 1. The van der Waals surface area contributed by atoms with Crippen LogP contribution in [0.3, 0.4) is 0 Å². The predicted molar refractivity (Wildman–Crippen MR) is 65.5 cm³/mol. The normalized spacial score (nSPS) is 10.2. The first kappa shape index (κ1) is 11.8. The molecule has 0 radical (unpaired) electrons. The van der Waals surface area contributed by atoms with E-state index in [1.54, 1.807) is 11.8 Å². The van der Waals surface area contributed by atoms with Gasteiger partial charge < -0.3 is 0 Å². The van der Waals surface area contributed by atoms with Gasteiger partial charge in [0.2, 0.25) is 0 Å². The molecule has 0 unspecified atom stereocenters. The summed E-state index contributed by atoms with van der Waals surface area (Å²) in [5.74, 6) is 0.226. The fraction of sp³-hybridized carbons (Fsp3) is 0.364. The number of hydrogen-bond acceptors (Lipinski definition) is 2. The lowest BCUT2D eigenvalue weighted by molar-refractivity contribution is 0.0984. The average molecular weight is 273 g/mol. The highest BCUT2D eigenvalue weighted by atomic mass is 79.9. The summed E-state index contributed by atoms with van der Waals surface area (Å²) in [6, 6.07) is 5.99. The average Bonchev–Trinajstić information content (AvgIpc) is 2.26. The number of benzene rings is 1. The van der Waals surface area contributed by atoms with Crippen LogP contribution in [0.25, 0.3) is 0 Å². The van der Waals surface area contributed by atoms with Crippen LogP contribution in [0.5, 0.6) is 0 Å². The largest absolute Gasteiger partial charge is 0.294 e. The van der Waals surface area contributed by atoms with E-state index >= 15 is 0 Å². The Bertz CT molecular complexity index is 314. The van der Waals surface area contributed by atoms with E-state index in [2.05, 4.69) is 15.9 Å². The Labute approximate surface area is 97.4 Å². The highest BCUT2D eigenvalue weighted by molar-refractivity contribution is 9.08. The molecule has 14 heavy (non-hydrogen) atoms. The number of hydrogen-bond donors (Lipinski definition) is 0. The van der Waals surface area contributed by atoms with Gasteiger partial charge in [-0.15, -0.1) is 11.8 Å². The molecule has 0 fully saturated rings. The van der Waals surface area contributed by atoms with Crippen molar-refractivity contribution in [2.45, 2.75) is 23.6 Å². The second kappa shape index (κ2) is 5.56. The maximum atomic E-state index is 11.7. The van der Waals surface area contributed by atoms with Gasteiger partial charge in [0, 0.05) is 22.2 Å². The van der Waals surface area contributed by atoms with Crippen molar-refractivity contribution in [1.82, 2.24) is 0 Å². The van der Waals surface area contributed by atoms with E-state index in [0.29, 0.717) is 6.42 Å². The molecule has 76 valence electrons. The summed E-state index contributed by atoms with van der Waals surface area (Å²) in [6.45, 7) is 1.90. The minimum atomic E-state index is 0.226. The highest BCUT2D eigenvalue weighted by Crippen LogP contribution is 2.26. The molecule has 0 atom stereocenters. The van der Waals surface area contributed by atoms with E-state index in [4.69, 9.17) is 0 Å². The smallest absolute Gasteiger partial charge is 0.164 e. The maximum Gasteiger partial charge on any atom is 0.164 e. The van der Waals surface area contributed by atoms with E-state index in [9.17, 15) is 4.79 Å². The van der Waals surface area contributed by atoms with Crippen LogP contribution in [0.15, 0.2) is 23.1 Å². The van der Waals surface area contributed by atoms with Gasteiger partial charge in [0.25, 0.3) is 0 Å². The molecule has 0 spiro atoms. The lowest BCUT2D eigenvalue weighted by Crippen LogP contribution is -2.03. The molecule has 1 nitrogen and oxygen atoms in total. The van der Waals surface area contributed by atoms with Gasteiger partial charge in [-0.1, -0.05) is 35.0 Å². The van der Waals surface area contributed by atoms with Crippen LogP contribution >= 0.6 is 27.7 Å². The summed E-state index contributed by atoms with van der Waals surface area (Å²) in [7, 11) is 0. The Hall–Kier alpha value is -0.280. The number of ketones is 1. The second-order valence-corrected chi connectivity index (χ2v) is 4.31. The van der Waals surface area contributed by atoms with E-state index in [-0.39, 0.29) is 5.78 Å². The molecule has 0 heterocycles. The summed E-state index contributed by atoms with van der Waals surface area (Å²) in [5.41, 5.74) is 1.98. The van der Waals surface area contributed by atoms with Crippen molar-refractivity contribution in [1.29, 1.82) is 0 Å². The first-order valence-electron chi connectivity index (χ1n) is 4.49. The maximum absolute atomic E-state index is 11.7. The van der Waals surface area contributed by atoms with Crippen molar-refractivity contribution in [3.8, 4) is 0 Å². The summed E-state index contributed by atoms with van der Waals surface area (Å²) in [5, 5.41) is 0.739. The van der Waals surface area contributed by atoms with Crippen molar-refractivity contribution in [3.05, 3.63) is 29.3 Å². The highest BCUT2D eigenvalue weighted by Gasteiger charge is 2.13. The number of thioether (sulfide) groups is 1. The molecule has 0 amide bonds. The molecular weight excluding hydrogens is 260 g/mol. The zero-order chi connectivity index (χ0) is 10.6. The molecule has 0 N–H and O–H groups in total. The van der Waals surface area contributed by atoms with Crippen molar-refractivity contribution < 1.29 is 4.79 Å². The van der Waals surface area contributed by atoms with Crippen LogP contribution in [-0.2, 0) is 5.33 Å². The molecule has 0 bridgehead atoms. The Balaban J connectivity index is 3.25. The molecule has 0 saturated carbocycles. The van der Waals surface area contributed by atoms with Crippen LogP contribution in [0.2, 0.25) is 0 Å². The van der Waals surface area contributed by atoms with Crippen LogP contribution in [0.1, 0.15) is 29.3 Å². The van der Waals surface area contributed by atoms with Gasteiger partial charge in [0.05, 0.1) is 0 Å². The lowest BCUT2D eigenvalue weighted by Gasteiger charge is -2.09. The monoisotopic (exact) mass is 272 g/mol. The molecular formula is C11H13BrOS. The Morgan fingerprint density at radius 2 is 2.21 bits per heavy atom. The van der Waals surface area contributed by atoms with Gasteiger partial charge in [-0.05, 0) is 17.9 Å². The van der Waals surface area contributed by atoms with Gasteiger partial charge >= 0.3 is 0 Å². The van der Waals surface area contributed by atoms with Crippen molar-refractivity contribution in [2.24, 2.45) is 0 Å². The van der Waals surface area contributed by atoms with Crippen LogP contribution in [0.4, 0.5) is 0 Å². The number of carbonyl (C=O) groups is 1. The second-order valence-electron chi connectivity index (χ2n) is 2.90. The van der Waals surface area contributed by atoms with Crippen molar-refractivity contribution in [3.63, 3.8) is 0 Å². The van der Waals surface area contributed by atoms with Gasteiger partial charge in [-0.2, -0.15) is 0 Å².